The average Bonchev–Trinajstić information content (AvgIpc) is 2.96. The highest BCUT2D eigenvalue weighted by Gasteiger charge is 2.28. The van der Waals surface area contributed by atoms with Gasteiger partial charge in [-0.2, -0.15) is 0 Å². The van der Waals surface area contributed by atoms with Crippen LogP contribution in [0.25, 0.3) is 0 Å². The first-order valence-electron chi connectivity index (χ1n) is 8.92. The summed E-state index contributed by atoms with van der Waals surface area (Å²) in [6.45, 7) is 8.05. The fourth-order valence-electron chi connectivity index (χ4n) is 3.38. The van der Waals surface area contributed by atoms with Crippen molar-refractivity contribution < 1.29 is 4.74 Å². The van der Waals surface area contributed by atoms with Gasteiger partial charge in [-0.1, -0.05) is 67.6 Å². The molecule has 0 aliphatic carbocycles. The third kappa shape index (κ3) is 5.17. The molecule has 0 amide bonds. The van der Waals surface area contributed by atoms with E-state index in [4.69, 9.17) is 4.74 Å². The summed E-state index contributed by atoms with van der Waals surface area (Å²) in [4.78, 5) is 2.54. The van der Waals surface area contributed by atoms with Crippen LogP contribution in [-0.2, 0) is 17.9 Å². The molecular weight excluding hydrogens is 296 g/mol. The second kappa shape index (κ2) is 8.97. The van der Waals surface area contributed by atoms with Crippen molar-refractivity contribution in [3.63, 3.8) is 0 Å². The lowest BCUT2D eigenvalue weighted by Crippen LogP contribution is -2.37. The minimum Gasteiger partial charge on any atom is -0.375 e. The van der Waals surface area contributed by atoms with Crippen LogP contribution < -0.4 is 5.32 Å². The summed E-state index contributed by atoms with van der Waals surface area (Å²) in [5.74, 6) is 0.683. The number of ether oxygens (including phenoxy) is 1. The predicted octanol–water partition coefficient (Wildman–Crippen LogP) is 3.31. The molecule has 1 fully saturated rings. The van der Waals surface area contributed by atoms with Crippen molar-refractivity contribution >= 4 is 0 Å². The summed E-state index contributed by atoms with van der Waals surface area (Å²) in [7, 11) is 0. The fourth-order valence-corrected chi connectivity index (χ4v) is 3.38. The Hall–Kier alpha value is -1.68. The maximum Gasteiger partial charge on any atom is 0.0717 e. The van der Waals surface area contributed by atoms with Gasteiger partial charge in [-0.15, -0.1) is 0 Å². The van der Waals surface area contributed by atoms with E-state index in [1.807, 2.05) is 6.07 Å². The maximum atomic E-state index is 5.76. The standard InChI is InChI=1S/C21H28N2O/c1-18-14-23(15-19-8-4-2-5-9-19)16-21(18)22-12-13-24-17-20-10-6-3-7-11-20/h2-11,18,21-22H,12-17H2,1H3. The SMILES string of the molecule is CC1CN(Cc2ccccc2)CC1NCCOCc1ccccc1. The molecule has 128 valence electrons. The Kier molecular flexibility index (Phi) is 6.41. The minimum atomic E-state index is 0.564. The molecule has 1 N–H and O–H groups in total. The first-order valence-corrected chi connectivity index (χ1v) is 8.92. The van der Waals surface area contributed by atoms with Gasteiger partial charge < -0.3 is 10.1 Å². The maximum absolute atomic E-state index is 5.76. The zero-order valence-electron chi connectivity index (χ0n) is 14.5. The van der Waals surface area contributed by atoms with Gasteiger partial charge in [0.2, 0.25) is 0 Å². The molecule has 0 spiro atoms. The molecule has 0 bridgehead atoms. The van der Waals surface area contributed by atoms with Crippen molar-refractivity contribution in [1.82, 2.24) is 10.2 Å². The lowest BCUT2D eigenvalue weighted by atomic mass is 10.1. The van der Waals surface area contributed by atoms with E-state index in [2.05, 4.69) is 71.7 Å². The van der Waals surface area contributed by atoms with Crippen molar-refractivity contribution in [2.45, 2.75) is 26.1 Å². The van der Waals surface area contributed by atoms with Crippen LogP contribution in [0.2, 0.25) is 0 Å². The van der Waals surface area contributed by atoms with E-state index in [1.54, 1.807) is 0 Å². The number of hydrogen-bond donors (Lipinski definition) is 1. The summed E-state index contributed by atoms with van der Waals surface area (Å²) in [5, 5.41) is 3.67. The summed E-state index contributed by atoms with van der Waals surface area (Å²) in [5.41, 5.74) is 2.64. The van der Waals surface area contributed by atoms with E-state index < -0.39 is 0 Å². The quantitative estimate of drug-likeness (QED) is 0.754. The predicted molar refractivity (Wildman–Crippen MR) is 98.8 cm³/mol. The molecule has 3 rings (SSSR count). The Morgan fingerprint density at radius 2 is 1.62 bits per heavy atom. The second-order valence-electron chi connectivity index (χ2n) is 6.76. The molecule has 1 heterocycles. The average molecular weight is 324 g/mol. The van der Waals surface area contributed by atoms with Crippen LogP contribution in [0.5, 0.6) is 0 Å². The van der Waals surface area contributed by atoms with Crippen molar-refractivity contribution in [2.24, 2.45) is 5.92 Å². The molecule has 1 saturated heterocycles. The van der Waals surface area contributed by atoms with E-state index in [0.29, 0.717) is 18.6 Å². The van der Waals surface area contributed by atoms with E-state index in [0.717, 1.165) is 32.8 Å². The van der Waals surface area contributed by atoms with Gasteiger partial charge in [0, 0.05) is 32.2 Å². The lowest BCUT2D eigenvalue weighted by Gasteiger charge is -2.17. The Labute approximate surface area is 145 Å². The van der Waals surface area contributed by atoms with Crippen LogP contribution in [0.3, 0.4) is 0 Å². The molecule has 24 heavy (non-hydrogen) atoms. The Bertz CT molecular complexity index is 587. The number of nitrogens with zero attached hydrogens (tertiary/aromatic N) is 1. The van der Waals surface area contributed by atoms with Gasteiger partial charge in [-0.3, -0.25) is 4.90 Å². The van der Waals surface area contributed by atoms with Crippen LogP contribution in [-0.4, -0.2) is 37.2 Å². The Morgan fingerprint density at radius 3 is 2.33 bits per heavy atom. The van der Waals surface area contributed by atoms with Crippen LogP contribution >= 0.6 is 0 Å². The van der Waals surface area contributed by atoms with Crippen LogP contribution in [0.4, 0.5) is 0 Å². The normalized spacial score (nSPS) is 21.2. The molecule has 0 radical (unpaired) electrons. The van der Waals surface area contributed by atoms with Crippen LogP contribution in [0.15, 0.2) is 60.7 Å². The summed E-state index contributed by atoms with van der Waals surface area (Å²) < 4.78 is 5.76. The third-order valence-corrected chi connectivity index (χ3v) is 4.70. The van der Waals surface area contributed by atoms with Crippen molar-refractivity contribution in [3.8, 4) is 0 Å². The molecule has 3 nitrogen and oxygen atoms in total. The van der Waals surface area contributed by atoms with Crippen molar-refractivity contribution in [2.75, 3.05) is 26.2 Å². The third-order valence-electron chi connectivity index (χ3n) is 4.70. The summed E-state index contributed by atoms with van der Waals surface area (Å²) in [6, 6.07) is 21.7. The highest BCUT2D eigenvalue weighted by molar-refractivity contribution is 5.15. The van der Waals surface area contributed by atoms with E-state index in [-0.39, 0.29) is 0 Å². The molecule has 1 aliphatic heterocycles. The zero-order valence-corrected chi connectivity index (χ0v) is 14.5. The van der Waals surface area contributed by atoms with Crippen molar-refractivity contribution in [1.29, 1.82) is 0 Å². The molecule has 1 aliphatic rings. The fraction of sp³-hybridized carbons (Fsp3) is 0.429. The molecule has 2 aromatic carbocycles. The number of nitrogens with one attached hydrogen (secondary N) is 1. The molecule has 0 aromatic heterocycles. The van der Waals surface area contributed by atoms with Crippen molar-refractivity contribution in [3.05, 3.63) is 71.8 Å². The monoisotopic (exact) mass is 324 g/mol. The largest absolute Gasteiger partial charge is 0.375 e. The van der Waals surface area contributed by atoms with Gasteiger partial charge in [0.15, 0.2) is 0 Å². The van der Waals surface area contributed by atoms with Gasteiger partial charge in [-0.25, -0.2) is 0 Å². The highest BCUT2D eigenvalue weighted by atomic mass is 16.5. The summed E-state index contributed by atoms with van der Waals surface area (Å²) in [6.07, 6.45) is 0. The van der Waals surface area contributed by atoms with E-state index >= 15 is 0 Å². The number of benzene rings is 2. The van der Waals surface area contributed by atoms with E-state index in [1.165, 1.54) is 11.1 Å². The number of rotatable bonds is 8. The minimum absolute atomic E-state index is 0.564. The van der Waals surface area contributed by atoms with E-state index in [9.17, 15) is 0 Å². The highest BCUT2D eigenvalue weighted by Crippen LogP contribution is 2.18. The molecule has 3 heteroatoms. The number of likely N-dealkylation sites (tertiary alicyclic amines) is 1. The molecule has 0 saturated carbocycles. The Balaban J connectivity index is 1.34. The van der Waals surface area contributed by atoms with Gasteiger partial charge in [0.05, 0.1) is 13.2 Å². The smallest absolute Gasteiger partial charge is 0.0717 e. The first kappa shape index (κ1) is 17.2. The van der Waals surface area contributed by atoms with Gasteiger partial charge in [0.25, 0.3) is 0 Å². The van der Waals surface area contributed by atoms with Gasteiger partial charge >= 0.3 is 0 Å². The lowest BCUT2D eigenvalue weighted by molar-refractivity contribution is 0.120. The van der Waals surface area contributed by atoms with Gasteiger partial charge in [-0.05, 0) is 17.0 Å². The Morgan fingerprint density at radius 1 is 0.958 bits per heavy atom. The van der Waals surface area contributed by atoms with Crippen LogP contribution in [0, 0.1) is 5.92 Å². The summed E-state index contributed by atoms with van der Waals surface area (Å²) >= 11 is 0. The van der Waals surface area contributed by atoms with Crippen LogP contribution in [0.1, 0.15) is 18.1 Å². The molecule has 2 unspecified atom stereocenters. The van der Waals surface area contributed by atoms with Gasteiger partial charge in [0.1, 0.15) is 0 Å². The topological polar surface area (TPSA) is 24.5 Å². The molecular formula is C21H28N2O. The first-order chi connectivity index (χ1) is 11.8. The number of hydrogen-bond acceptors (Lipinski definition) is 3. The molecule has 2 aromatic rings. The second-order valence-corrected chi connectivity index (χ2v) is 6.76. The molecule has 2 atom stereocenters. The zero-order chi connectivity index (χ0) is 16.6.